The molecule has 88 valence electrons. The summed E-state index contributed by atoms with van der Waals surface area (Å²) in [4.78, 5) is 11.1. The molecule has 1 rings (SSSR count). The second-order valence-corrected chi connectivity index (χ2v) is 5.32. The molecule has 0 aliphatic carbocycles. The molecule has 0 spiro atoms. The Morgan fingerprint density at radius 2 is 1.88 bits per heavy atom. The topological polar surface area (TPSA) is 38.3 Å². The second kappa shape index (κ2) is 5.34. The summed E-state index contributed by atoms with van der Waals surface area (Å²) in [6.07, 6.45) is 0. The smallest absolute Gasteiger partial charge is 0.340 e. The number of esters is 1. The Bertz CT molecular complexity index is 346. The van der Waals surface area contributed by atoms with Crippen molar-refractivity contribution in [3.8, 4) is 0 Å². The summed E-state index contributed by atoms with van der Waals surface area (Å²) in [6, 6.07) is 9.49. The van der Waals surface area contributed by atoms with Crippen molar-refractivity contribution in [1.29, 1.82) is 0 Å². The molecule has 0 heterocycles. The molecule has 1 aromatic carbocycles. The molecule has 0 saturated carbocycles. The van der Waals surface area contributed by atoms with E-state index in [-0.39, 0.29) is 5.97 Å². The van der Waals surface area contributed by atoms with Gasteiger partial charge in [0.05, 0.1) is 0 Å². The minimum Gasteiger partial charge on any atom is -0.458 e. The number of hydrogen-bond donors (Lipinski definition) is 1. The van der Waals surface area contributed by atoms with Crippen LogP contribution in [0, 0.1) is 0 Å². The van der Waals surface area contributed by atoms with Crippen LogP contribution in [0.2, 0.25) is 0 Å². The van der Waals surface area contributed by atoms with Gasteiger partial charge < -0.3 is 10.1 Å². The van der Waals surface area contributed by atoms with Crippen molar-refractivity contribution in [3.05, 3.63) is 30.3 Å². The zero-order valence-corrected chi connectivity index (χ0v) is 11.2. The van der Waals surface area contributed by atoms with E-state index >= 15 is 0 Å². The summed E-state index contributed by atoms with van der Waals surface area (Å²) >= 11 is 3.25. The lowest BCUT2D eigenvalue weighted by Crippen LogP contribution is -2.32. The maximum absolute atomic E-state index is 11.6. The first-order valence-electron chi connectivity index (χ1n) is 5.07. The quantitative estimate of drug-likeness (QED) is 0.527. The van der Waals surface area contributed by atoms with Crippen LogP contribution in [0.25, 0.3) is 0 Å². The Hall–Kier alpha value is -1.03. The Labute approximate surface area is 104 Å². The lowest BCUT2D eigenvalue weighted by Gasteiger charge is -2.22. The maximum Gasteiger partial charge on any atom is 0.340 e. The molecule has 1 N–H and O–H groups in total. The van der Waals surface area contributed by atoms with Crippen molar-refractivity contribution < 1.29 is 9.53 Å². The van der Waals surface area contributed by atoms with E-state index in [1.807, 2.05) is 51.1 Å². The van der Waals surface area contributed by atoms with Gasteiger partial charge in [0, 0.05) is 5.69 Å². The minimum absolute atomic E-state index is 0.323. The zero-order valence-electron chi connectivity index (χ0n) is 9.66. The zero-order chi connectivity index (χ0) is 12.2. The molecule has 0 amide bonds. The molecule has 1 aromatic rings. The highest BCUT2D eigenvalue weighted by molar-refractivity contribution is 9.10. The lowest BCUT2D eigenvalue weighted by atomic mass is 10.2. The molecule has 0 aliphatic heterocycles. The highest BCUT2D eigenvalue weighted by Crippen LogP contribution is 2.15. The lowest BCUT2D eigenvalue weighted by molar-refractivity contribution is -0.153. The number of alkyl halides is 1. The van der Waals surface area contributed by atoms with Crippen molar-refractivity contribution in [2.75, 3.05) is 5.32 Å². The third-order valence-electron chi connectivity index (χ3n) is 1.68. The third kappa shape index (κ3) is 4.66. The molecule has 16 heavy (non-hydrogen) atoms. The average Bonchev–Trinajstić information content (AvgIpc) is 2.16. The minimum atomic E-state index is -0.533. The molecule has 3 nitrogen and oxygen atoms in total. The standard InChI is InChI=1S/C12H16BrNO2/c1-12(2,3)16-11(15)10(13)14-9-7-5-4-6-8-9/h4-8,10,14H,1-3H3. The van der Waals surface area contributed by atoms with Crippen molar-refractivity contribution in [2.45, 2.75) is 31.3 Å². The van der Waals surface area contributed by atoms with E-state index in [9.17, 15) is 4.79 Å². The first kappa shape index (κ1) is 13.0. The Kier molecular flexibility index (Phi) is 4.35. The number of hydrogen-bond acceptors (Lipinski definition) is 3. The van der Waals surface area contributed by atoms with Crippen molar-refractivity contribution in [1.82, 2.24) is 0 Å². The summed E-state index contributed by atoms with van der Waals surface area (Å²) < 4.78 is 5.22. The Morgan fingerprint density at radius 3 is 2.38 bits per heavy atom. The average molecular weight is 286 g/mol. The molecule has 1 unspecified atom stereocenters. The molecule has 0 radical (unpaired) electrons. The Balaban J connectivity index is 2.53. The van der Waals surface area contributed by atoms with Crippen molar-refractivity contribution in [2.24, 2.45) is 0 Å². The number of halogens is 1. The van der Waals surface area contributed by atoms with Gasteiger partial charge in [0.1, 0.15) is 5.60 Å². The van der Waals surface area contributed by atoms with Crippen LogP contribution < -0.4 is 5.32 Å². The van der Waals surface area contributed by atoms with Crippen LogP contribution in [0.3, 0.4) is 0 Å². The van der Waals surface area contributed by atoms with Gasteiger partial charge in [0.2, 0.25) is 0 Å². The molecule has 1 atom stereocenters. The van der Waals surface area contributed by atoms with E-state index in [1.54, 1.807) is 0 Å². The maximum atomic E-state index is 11.6. The molecule has 0 aromatic heterocycles. The molecule has 0 saturated heterocycles. The third-order valence-corrected chi connectivity index (χ3v) is 2.28. The van der Waals surface area contributed by atoms with Gasteiger partial charge in [-0.1, -0.05) is 34.1 Å². The van der Waals surface area contributed by atoms with E-state index in [4.69, 9.17) is 4.74 Å². The molecular weight excluding hydrogens is 270 g/mol. The van der Waals surface area contributed by atoms with E-state index in [0.29, 0.717) is 0 Å². The monoisotopic (exact) mass is 285 g/mol. The molecular formula is C12H16BrNO2. The fourth-order valence-electron chi connectivity index (χ4n) is 1.09. The molecule has 0 fully saturated rings. The highest BCUT2D eigenvalue weighted by atomic mass is 79.9. The summed E-state index contributed by atoms with van der Waals surface area (Å²) in [6.45, 7) is 5.52. The van der Waals surface area contributed by atoms with E-state index in [2.05, 4.69) is 21.2 Å². The van der Waals surface area contributed by atoms with Gasteiger partial charge >= 0.3 is 5.97 Å². The predicted molar refractivity (Wildman–Crippen MR) is 68.6 cm³/mol. The van der Waals surface area contributed by atoms with Crippen LogP contribution in [-0.4, -0.2) is 16.5 Å². The summed E-state index contributed by atoms with van der Waals surface area (Å²) in [5.74, 6) is -0.323. The normalized spacial score (nSPS) is 13.0. The van der Waals surface area contributed by atoms with Crippen LogP contribution in [0.1, 0.15) is 20.8 Å². The summed E-state index contributed by atoms with van der Waals surface area (Å²) in [5.41, 5.74) is 0.400. The summed E-state index contributed by atoms with van der Waals surface area (Å²) in [7, 11) is 0. The van der Waals surface area contributed by atoms with E-state index < -0.39 is 10.6 Å². The van der Waals surface area contributed by atoms with Crippen molar-refractivity contribution >= 4 is 27.6 Å². The van der Waals surface area contributed by atoms with Crippen LogP contribution in [0.4, 0.5) is 5.69 Å². The number of benzene rings is 1. The van der Waals surface area contributed by atoms with Crippen LogP contribution in [0.15, 0.2) is 30.3 Å². The number of nitrogens with one attached hydrogen (secondary N) is 1. The van der Waals surface area contributed by atoms with Gasteiger partial charge in [-0.2, -0.15) is 0 Å². The van der Waals surface area contributed by atoms with Gasteiger partial charge in [0.25, 0.3) is 0 Å². The fraction of sp³-hybridized carbons (Fsp3) is 0.417. The number of anilines is 1. The molecule has 4 heteroatoms. The first-order chi connectivity index (χ1) is 7.38. The van der Waals surface area contributed by atoms with E-state index in [1.165, 1.54) is 0 Å². The second-order valence-electron chi connectivity index (χ2n) is 4.41. The predicted octanol–water partition coefficient (Wildman–Crippen LogP) is 3.16. The van der Waals surface area contributed by atoms with Crippen LogP contribution >= 0.6 is 15.9 Å². The SMILES string of the molecule is CC(C)(C)OC(=O)C(Br)Nc1ccccc1. The van der Waals surface area contributed by atoms with Gasteiger partial charge in [-0.05, 0) is 32.9 Å². The fourth-order valence-corrected chi connectivity index (χ4v) is 1.45. The number of carbonyl (C=O) groups excluding carboxylic acids is 1. The Morgan fingerprint density at radius 1 is 1.31 bits per heavy atom. The van der Waals surface area contributed by atoms with Gasteiger partial charge in [-0.25, -0.2) is 4.79 Å². The number of carbonyl (C=O) groups is 1. The van der Waals surface area contributed by atoms with Gasteiger partial charge in [-0.15, -0.1) is 0 Å². The summed E-state index contributed by atoms with van der Waals surface area (Å²) in [5, 5.41) is 3.01. The van der Waals surface area contributed by atoms with Gasteiger partial charge in [-0.3, -0.25) is 0 Å². The first-order valence-corrected chi connectivity index (χ1v) is 5.98. The van der Waals surface area contributed by atoms with Crippen molar-refractivity contribution in [3.63, 3.8) is 0 Å². The number of para-hydroxylation sites is 1. The van der Waals surface area contributed by atoms with Crippen LogP contribution in [-0.2, 0) is 9.53 Å². The van der Waals surface area contributed by atoms with Gasteiger partial charge in [0.15, 0.2) is 4.95 Å². The molecule has 0 aliphatic rings. The largest absolute Gasteiger partial charge is 0.458 e. The van der Waals surface area contributed by atoms with Crippen LogP contribution in [0.5, 0.6) is 0 Å². The number of ether oxygens (including phenoxy) is 1. The highest BCUT2D eigenvalue weighted by Gasteiger charge is 2.22. The number of rotatable bonds is 3. The molecule has 0 bridgehead atoms. The van der Waals surface area contributed by atoms with E-state index in [0.717, 1.165) is 5.69 Å².